The van der Waals surface area contributed by atoms with Crippen molar-refractivity contribution in [1.29, 1.82) is 0 Å². The molecule has 0 radical (unpaired) electrons. The van der Waals surface area contributed by atoms with Gasteiger partial charge in [-0.3, -0.25) is 0 Å². The fraction of sp³-hybridized carbons (Fsp3) is 0. The number of hydrogen-bond acceptors (Lipinski definition) is 2. The first-order valence-corrected chi connectivity index (χ1v) is 5.49. The van der Waals surface area contributed by atoms with Crippen LogP contribution in [0.5, 0.6) is 0 Å². The number of hydrogen-bond donors (Lipinski definition) is 2. The van der Waals surface area contributed by atoms with Gasteiger partial charge in [0.05, 0.1) is 0 Å². The zero-order valence-corrected chi connectivity index (χ0v) is 9.97. The van der Waals surface area contributed by atoms with Gasteiger partial charge in [-0.1, -0.05) is 6.07 Å². The van der Waals surface area contributed by atoms with Gasteiger partial charge in [0.1, 0.15) is 17.5 Å². The highest BCUT2D eigenvalue weighted by Gasteiger charge is 2.03. The summed E-state index contributed by atoms with van der Waals surface area (Å²) in [6, 6.07) is 8.37. The third kappa shape index (κ3) is 3.46. The van der Waals surface area contributed by atoms with Gasteiger partial charge in [0.15, 0.2) is 5.11 Å². The van der Waals surface area contributed by atoms with Gasteiger partial charge in [-0.25, -0.2) is 13.8 Å². The fourth-order valence-electron chi connectivity index (χ4n) is 1.34. The minimum Gasteiger partial charge on any atom is -0.332 e. The largest absolute Gasteiger partial charge is 0.332 e. The van der Waals surface area contributed by atoms with Gasteiger partial charge in [0.25, 0.3) is 0 Å². The Kier molecular flexibility index (Phi) is 3.78. The summed E-state index contributed by atoms with van der Waals surface area (Å²) in [6.07, 6.45) is 1.60. The minimum absolute atomic E-state index is 0.207. The van der Waals surface area contributed by atoms with Crippen molar-refractivity contribution in [2.24, 2.45) is 0 Å². The third-order valence-electron chi connectivity index (χ3n) is 2.03. The van der Waals surface area contributed by atoms with Crippen LogP contribution in [-0.2, 0) is 0 Å². The van der Waals surface area contributed by atoms with Gasteiger partial charge in [0, 0.05) is 18.0 Å². The molecule has 18 heavy (non-hydrogen) atoms. The normalized spacial score (nSPS) is 9.89. The summed E-state index contributed by atoms with van der Waals surface area (Å²) < 4.78 is 25.9. The van der Waals surface area contributed by atoms with Crippen molar-refractivity contribution in [3.05, 3.63) is 54.2 Å². The summed E-state index contributed by atoms with van der Waals surface area (Å²) in [4.78, 5) is 4.01. The number of thiocarbonyl (C=S) groups is 1. The zero-order chi connectivity index (χ0) is 13.0. The van der Waals surface area contributed by atoms with Crippen molar-refractivity contribution in [3.63, 3.8) is 0 Å². The molecule has 0 spiro atoms. The molecule has 0 amide bonds. The van der Waals surface area contributed by atoms with E-state index < -0.39 is 11.6 Å². The molecule has 0 unspecified atom stereocenters. The van der Waals surface area contributed by atoms with Crippen molar-refractivity contribution < 1.29 is 8.78 Å². The van der Waals surface area contributed by atoms with Crippen LogP contribution in [0, 0.1) is 11.6 Å². The maximum atomic E-state index is 12.9. The van der Waals surface area contributed by atoms with E-state index in [1.807, 2.05) is 0 Å². The number of rotatable bonds is 2. The second kappa shape index (κ2) is 5.50. The Morgan fingerprint density at radius 1 is 1.06 bits per heavy atom. The van der Waals surface area contributed by atoms with E-state index >= 15 is 0 Å². The molecule has 92 valence electrons. The number of anilines is 2. The first-order valence-electron chi connectivity index (χ1n) is 5.08. The molecule has 0 aliphatic heterocycles. The molecular weight excluding hydrogens is 256 g/mol. The van der Waals surface area contributed by atoms with Crippen LogP contribution in [0.15, 0.2) is 42.6 Å². The maximum Gasteiger partial charge on any atom is 0.176 e. The van der Waals surface area contributed by atoms with Gasteiger partial charge < -0.3 is 10.6 Å². The first-order chi connectivity index (χ1) is 8.63. The molecule has 1 aromatic carbocycles. The fourth-order valence-corrected chi connectivity index (χ4v) is 1.56. The second-order valence-corrected chi connectivity index (χ2v) is 3.86. The summed E-state index contributed by atoms with van der Waals surface area (Å²) in [5.74, 6) is -0.789. The van der Waals surface area contributed by atoms with Gasteiger partial charge in [0.2, 0.25) is 0 Å². The molecule has 2 aromatic rings. The Labute approximate surface area is 108 Å². The van der Waals surface area contributed by atoms with Crippen LogP contribution in [-0.4, -0.2) is 10.1 Å². The summed E-state index contributed by atoms with van der Waals surface area (Å²) in [7, 11) is 0. The first kappa shape index (κ1) is 12.4. The van der Waals surface area contributed by atoms with E-state index in [2.05, 4.69) is 15.6 Å². The van der Waals surface area contributed by atoms with E-state index in [-0.39, 0.29) is 10.8 Å². The van der Waals surface area contributed by atoms with Gasteiger partial charge in [-0.05, 0) is 36.5 Å². The smallest absolute Gasteiger partial charge is 0.176 e. The zero-order valence-electron chi connectivity index (χ0n) is 9.15. The molecule has 0 fully saturated rings. The molecule has 1 heterocycles. The van der Waals surface area contributed by atoms with Gasteiger partial charge in [-0.15, -0.1) is 0 Å². The minimum atomic E-state index is -0.668. The maximum absolute atomic E-state index is 12.9. The molecule has 0 saturated carbocycles. The monoisotopic (exact) mass is 265 g/mol. The van der Waals surface area contributed by atoms with E-state index in [1.165, 1.54) is 0 Å². The summed E-state index contributed by atoms with van der Waals surface area (Å²) in [5, 5.41) is 5.67. The SMILES string of the molecule is Fc1cc(F)cc(NC(=S)Nc2ccccn2)c1. The lowest BCUT2D eigenvalue weighted by molar-refractivity contribution is 0.584. The van der Waals surface area contributed by atoms with Crippen molar-refractivity contribution >= 4 is 28.8 Å². The summed E-state index contributed by atoms with van der Waals surface area (Å²) in [6.45, 7) is 0. The second-order valence-electron chi connectivity index (χ2n) is 3.45. The predicted molar refractivity (Wildman–Crippen MR) is 70.4 cm³/mol. The number of nitrogens with zero attached hydrogens (tertiary/aromatic N) is 1. The van der Waals surface area contributed by atoms with Crippen LogP contribution in [0.2, 0.25) is 0 Å². The van der Waals surface area contributed by atoms with E-state index in [1.54, 1.807) is 24.4 Å². The molecule has 0 bridgehead atoms. The molecule has 2 N–H and O–H groups in total. The van der Waals surface area contributed by atoms with Crippen molar-refractivity contribution in [1.82, 2.24) is 4.98 Å². The Balaban J connectivity index is 2.03. The van der Waals surface area contributed by atoms with Gasteiger partial charge >= 0.3 is 0 Å². The van der Waals surface area contributed by atoms with Crippen LogP contribution in [0.1, 0.15) is 0 Å². The van der Waals surface area contributed by atoms with Crippen LogP contribution < -0.4 is 10.6 Å². The van der Waals surface area contributed by atoms with E-state index in [4.69, 9.17) is 12.2 Å². The highest BCUT2D eigenvalue weighted by Crippen LogP contribution is 2.13. The van der Waals surface area contributed by atoms with Crippen LogP contribution in [0.3, 0.4) is 0 Å². The van der Waals surface area contributed by atoms with E-state index in [9.17, 15) is 8.78 Å². The lowest BCUT2D eigenvalue weighted by Crippen LogP contribution is -2.19. The summed E-state index contributed by atoms with van der Waals surface area (Å²) >= 11 is 5.00. The Bertz CT molecular complexity index is 540. The Morgan fingerprint density at radius 3 is 2.39 bits per heavy atom. The lowest BCUT2D eigenvalue weighted by atomic mass is 10.3. The van der Waals surface area contributed by atoms with E-state index in [0.717, 1.165) is 18.2 Å². The molecule has 1 aromatic heterocycles. The standard InChI is InChI=1S/C12H9F2N3S/c13-8-5-9(14)7-10(6-8)16-12(18)17-11-3-1-2-4-15-11/h1-7H,(H2,15,16,17,18). The highest BCUT2D eigenvalue weighted by molar-refractivity contribution is 7.80. The number of pyridine rings is 1. The summed E-state index contributed by atoms with van der Waals surface area (Å²) in [5.41, 5.74) is 0.237. The van der Waals surface area contributed by atoms with Crippen molar-refractivity contribution in [2.45, 2.75) is 0 Å². The van der Waals surface area contributed by atoms with Crippen molar-refractivity contribution in [2.75, 3.05) is 10.6 Å². The average Bonchev–Trinajstić information content (AvgIpc) is 2.28. The molecule has 0 saturated heterocycles. The predicted octanol–water partition coefficient (Wildman–Crippen LogP) is 3.17. The molecule has 6 heteroatoms. The number of nitrogens with one attached hydrogen (secondary N) is 2. The molecule has 3 nitrogen and oxygen atoms in total. The topological polar surface area (TPSA) is 37.0 Å². The third-order valence-corrected chi connectivity index (χ3v) is 2.23. The quantitative estimate of drug-likeness (QED) is 0.818. The number of aromatic nitrogens is 1. The number of halogens is 2. The molecular formula is C12H9F2N3S. The molecule has 0 aliphatic carbocycles. The highest BCUT2D eigenvalue weighted by atomic mass is 32.1. The van der Waals surface area contributed by atoms with E-state index in [0.29, 0.717) is 5.82 Å². The Hall–Kier alpha value is -2.08. The van der Waals surface area contributed by atoms with Crippen LogP contribution in [0.4, 0.5) is 20.3 Å². The van der Waals surface area contributed by atoms with Crippen LogP contribution in [0.25, 0.3) is 0 Å². The Morgan fingerprint density at radius 2 is 1.78 bits per heavy atom. The molecule has 0 aliphatic rings. The van der Waals surface area contributed by atoms with Crippen molar-refractivity contribution in [3.8, 4) is 0 Å². The van der Waals surface area contributed by atoms with Crippen LogP contribution >= 0.6 is 12.2 Å². The average molecular weight is 265 g/mol. The number of benzene rings is 1. The molecule has 2 rings (SSSR count). The lowest BCUT2D eigenvalue weighted by Gasteiger charge is -2.09. The van der Waals surface area contributed by atoms with Gasteiger partial charge in [-0.2, -0.15) is 0 Å². The molecule has 0 atom stereocenters.